The summed E-state index contributed by atoms with van der Waals surface area (Å²) in [5.41, 5.74) is 2.74. The predicted octanol–water partition coefficient (Wildman–Crippen LogP) is 2.73. The molecule has 2 nitrogen and oxygen atoms in total. The Balaban J connectivity index is 1.99. The second-order valence-electron chi connectivity index (χ2n) is 6.48. The molecule has 0 aromatic heterocycles. The monoisotopic (exact) mass is 232 g/mol. The van der Waals surface area contributed by atoms with Gasteiger partial charge in [0.1, 0.15) is 0 Å². The molecular weight excluding hydrogens is 212 g/mol. The Bertz CT molecular complexity index is 436. The van der Waals surface area contributed by atoms with E-state index >= 15 is 0 Å². The highest BCUT2D eigenvalue weighted by Crippen LogP contribution is 2.68. The Morgan fingerprint density at radius 3 is 2.94 bits per heavy atom. The van der Waals surface area contributed by atoms with Crippen LogP contribution in [0.15, 0.2) is 11.1 Å². The normalized spacial score (nSPS) is 52.0. The number of hydrogen-bond donors (Lipinski definition) is 0. The van der Waals surface area contributed by atoms with Crippen LogP contribution in [0, 0.1) is 23.2 Å². The number of rotatable bonds is 0. The SMILES string of the molecule is CC1=C2C(=O)[C@H](C)[C@H]3CO[C@@H]4CC[C@@H](CC1)[C@]234. The molecule has 0 aromatic carbocycles. The summed E-state index contributed by atoms with van der Waals surface area (Å²) in [6.45, 7) is 5.13. The van der Waals surface area contributed by atoms with E-state index in [1.807, 2.05) is 0 Å². The molecule has 5 atom stereocenters. The van der Waals surface area contributed by atoms with Crippen molar-refractivity contribution in [2.45, 2.75) is 45.6 Å². The van der Waals surface area contributed by atoms with E-state index in [1.165, 1.54) is 30.4 Å². The predicted molar refractivity (Wildman–Crippen MR) is 64.5 cm³/mol. The third-order valence-corrected chi connectivity index (χ3v) is 6.07. The molecule has 92 valence electrons. The Hall–Kier alpha value is -0.630. The molecule has 0 N–H and O–H groups in total. The Morgan fingerprint density at radius 2 is 2.12 bits per heavy atom. The molecule has 1 aliphatic heterocycles. The highest BCUT2D eigenvalue weighted by atomic mass is 16.5. The first-order chi connectivity index (χ1) is 8.17. The summed E-state index contributed by atoms with van der Waals surface area (Å²) < 4.78 is 6.05. The van der Waals surface area contributed by atoms with Crippen LogP contribution in [0.5, 0.6) is 0 Å². The first-order valence-corrected chi connectivity index (χ1v) is 7.03. The van der Waals surface area contributed by atoms with E-state index in [9.17, 15) is 4.79 Å². The number of hydrogen-bond acceptors (Lipinski definition) is 2. The fourth-order valence-corrected chi connectivity index (χ4v) is 5.42. The van der Waals surface area contributed by atoms with Crippen LogP contribution in [0.3, 0.4) is 0 Å². The lowest BCUT2D eigenvalue weighted by Crippen LogP contribution is -2.39. The van der Waals surface area contributed by atoms with Gasteiger partial charge in [-0.05, 0) is 38.5 Å². The Kier molecular flexibility index (Phi) is 1.84. The molecular formula is C15H20O2. The van der Waals surface area contributed by atoms with E-state index in [-0.39, 0.29) is 11.3 Å². The summed E-state index contributed by atoms with van der Waals surface area (Å²) in [5.74, 6) is 1.86. The third kappa shape index (κ3) is 0.929. The average molecular weight is 232 g/mol. The maximum atomic E-state index is 12.6. The van der Waals surface area contributed by atoms with E-state index in [0.29, 0.717) is 17.8 Å². The van der Waals surface area contributed by atoms with E-state index < -0.39 is 0 Å². The van der Waals surface area contributed by atoms with Gasteiger partial charge in [0, 0.05) is 22.8 Å². The van der Waals surface area contributed by atoms with Crippen molar-refractivity contribution in [2.24, 2.45) is 23.2 Å². The van der Waals surface area contributed by atoms with Crippen molar-refractivity contribution in [1.29, 1.82) is 0 Å². The van der Waals surface area contributed by atoms with Gasteiger partial charge < -0.3 is 4.74 Å². The zero-order valence-electron chi connectivity index (χ0n) is 10.7. The van der Waals surface area contributed by atoms with Crippen molar-refractivity contribution in [2.75, 3.05) is 6.61 Å². The van der Waals surface area contributed by atoms with Crippen LogP contribution in [0.2, 0.25) is 0 Å². The molecule has 17 heavy (non-hydrogen) atoms. The number of ether oxygens (including phenoxy) is 1. The summed E-state index contributed by atoms with van der Waals surface area (Å²) in [5, 5.41) is 0. The largest absolute Gasteiger partial charge is 0.377 e. The van der Waals surface area contributed by atoms with Gasteiger partial charge in [0.15, 0.2) is 5.78 Å². The van der Waals surface area contributed by atoms with Gasteiger partial charge in [-0.15, -0.1) is 0 Å². The van der Waals surface area contributed by atoms with Gasteiger partial charge in [-0.1, -0.05) is 12.5 Å². The van der Waals surface area contributed by atoms with Crippen molar-refractivity contribution in [3.8, 4) is 0 Å². The zero-order valence-corrected chi connectivity index (χ0v) is 10.7. The fraction of sp³-hybridized carbons (Fsp3) is 0.800. The lowest BCUT2D eigenvalue weighted by molar-refractivity contribution is -0.118. The van der Waals surface area contributed by atoms with Crippen LogP contribution in [0.4, 0.5) is 0 Å². The molecule has 4 aliphatic rings. The standard InChI is InChI=1S/C15H20O2/c1-8-3-4-10-5-6-12-15(10)11(7-17-12)9(2)14(16)13(8)15/h9-12H,3-7H2,1-2H3/t9-,10-,11-,12-,15+/m1/s1. The molecule has 3 fully saturated rings. The van der Waals surface area contributed by atoms with Crippen LogP contribution in [-0.4, -0.2) is 18.5 Å². The summed E-state index contributed by atoms with van der Waals surface area (Å²) in [6.07, 6.45) is 5.23. The molecule has 4 rings (SSSR count). The molecule has 0 radical (unpaired) electrons. The minimum atomic E-state index is 0.152. The second-order valence-corrected chi connectivity index (χ2v) is 6.48. The van der Waals surface area contributed by atoms with Gasteiger partial charge in [0.2, 0.25) is 0 Å². The van der Waals surface area contributed by atoms with Crippen molar-refractivity contribution < 1.29 is 9.53 Å². The highest BCUT2D eigenvalue weighted by Gasteiger charge is 2.69. The van der Waals surface area contributed by atoms with Crippen molar-refractivity contribution >= 4 is 5.78 Å². The summed E-state index contributed by atoms with van der Waals surface area (Å²) in [4.78, 5) is 12.6. The first kappa shape index (κ1) is 10.3. The van der Waals surface area contributed by atoms with Crippen LogP contribution >= 0.6 is 0 Å². The summed E-state index contributed by atoms with van der Waals surface area (Å²) in [7, 11) is 0. The maximum absolute atomic E-state index is 12.6. The van der Waals surface area contributed by atoms with Gasteiger partial charge in [0.25, 0.3) is 0 Å². The molecule has 0 bridgehead atoms. The van der Waals surface area contributed by atoms with Crippen molar-refractivity contribution in [3.63, 3.8) is 0 Å². The van der Waals surface area contributed by atoms with Crippen molar-refractivity contribution in [3.05, 3.63) is 11.1 Å². The van der Waals surface area contributed by atoms with Crippen LogP contribution in [-0.2, 0) is 9.53 Å². The summed E-state index contributed by atoms with van der Waals surface area (Å²) >= 11 is 0. The lowest BCUT2D eigenvalue weighted by Gasteiger charge is -2.40. The first-order valence-electron chi connectivity index (χ1n) is 7.03. The number of Topliss-reactive ketones (excluding diaryl/α,β-unsaturated/α-hetero) is 1. The maximum Gasteiger partial charge on any atom is 0.162 e. The van der Waals surface area contributed by atoms with E-state index in [1.54, 1.807) is 0 Å². The lowest BCUT2D eigenvalue weighted by atomic mass is 9.62. The molecule has 0 amide bonds. The van der Waals surface area contributed by atoms with Crippen molar-refractivity contribution in [1.82, 2.24) is 0 Å². The van der Waals surface area contributed by atoms with E-state index in [4.69, 9.17) is 4.74 Å². The Labute approximate surface area is 102 Å². The molecule has 0 unspecified atom stereocenters. The molecule has 3 aliphatic carbocycles. The molecule has 1 heterocycles. The number of carbonyl (C=O) groups excluding carboxylic acids is 1. The molecule has 1 saturated heterocycles. The summed E-state index contributed by atoms with van der Waals surface area (Å²) in [6, 6.07) is 0. The smallest absolute Gasteiger partial charge is 0.162 e. The molecule has 1 spiro atoms. The minimum Gasteiger partial charge on any atom is -0.377 e. The number of ketones is 1. The van der Waals surface area contributed by atoms with E-state index in [2.05, 4.69) is 13.8 Å². The fourth-order valence-electron chi connectivity index (χ4n) is 5.42. The highest BCUT2D eigenvalue weighted by molar-refractivity contribution is 6.02. The topological polar surface area (TPSA) is 26.3 Å². The van der Waals surface area contributed by atoms with Gasteiger partial charge in [-0.3, -0.25) is 4.79 Å². The van der Waals surface area contributed by atoms with Crippen LogP contribution in [0.1, 0.15) is 39.5 Å². The minimum absolute atomic E-state index is 0.152. The molecule has 2 heteroatoms. The number of carbonyl (C=O) groups is 1. The third-order valence-electron chi connectivity index (χ3n) is 6.07. The Morgan fingerprint density at radius 1 is 1.29 bits per heavy atom. The second kappa shape index (κ2) is 3.03. The zero-order chi connectivity index (χ0) is 11.8. The quantitative estimate of drug-likeness (QED) is 0.642. The van der Waals surface area contributed by atoms with Gasteiger partial charge in [-0.25, -0.2) is 0 Å². The molecule has 2 saturated carbocycles. The number of allylic oxidation sites excluding steroid dienone is 1. The molecule has 0 aromatic rings. The van der Waals surface area contributed by atoms with Crippen LogP contribution < -0.4 is 0 Å². The average Bonchev–Trinajstić information content (AvgIpc) is 2.88. The van der Waals surface area contributed by atoms with Gasteiger partial charge >= 0.3 is 0 Å². The van der Waals surface area contributed by atoms with Crippen LogP contribution in [0.25, 0.3) is 0 Å². The van der Waals surface area contributed by atoms with Gasteiger partial charge in [-0.2, -0.15) is 0 Å². The van der Waals surface area contributed by atoms with E-state index in [0.717, 1.165) is 18.9 Å². The van der Waals surface area contributed by atoms with Gasteiger partial charge in [0.05, 0.1) is 12.7 Å².